The zero-order chi connectivity index (χ0) is 15.5. The fourth-order valence-corrected chi connectivity index (χ4v) is 4.99. The summed E-state index contributed by atoms with van der Waals surface area (Å²) >= 11 is 0. The van der Waals surface area contributed by atoms with E-state index >= 15 is 0 Å². The summed E-state index contributed by atoms with van der Waals surface area (Å²) in [5.41, 5.74) is 1.15. The average Bonchev–Trinajstić information content (AvgIpc) is 2.45. The molecule has 1 atom stereocenters. The number of hydrogen-bond acceptors (Lipinski definition) is 3. The Kier molecular flexibility index (Phi) is 5.82. The van der Waals surface area contributed by atoms with Crippen molar-refractivity contribution in [2.75, 3.05) is 26.2 Å². The van der Waals surface area contributed by atoms with Crippen molar-refractivity contribution < 1.29 is 8.42 Å². The lowest BCUT2D eigenvalue weighted by Gasteiger charge is -2.39. The van der Waals surface area contributed by atoms with Crippen molar-refractivity contribution in [3.05, 3.63) is 11.6 Å². The maximum absolute atomic E-state index is 12.9. The highest BCUT2D eigenvalue weighted by Gasteiger charge is 2.36. The van der Waals surface area contributed by atoms with E-state index < -0.39 is 10.2 Å². The van der Waals surface area contributed by atoms with E-state index in [9.17, 15) is 8.42 Å². The van der Waals surface area contributed by atoms with Gasteiger partial charge < -0.3 is 5.32 Å². The zero-order valence-electron chi connectivity index (χ0n) is 13.5. The first-order chi connectivity index (χ1) is 9.91. The van der Waals surface area contributed by atoms with Crippen LogP contribution in [0.2, 0.25) is 0 Å². The van der Waals surface area contributed by atoms with Gasteiger partial charge in [-0.15, -0.1) is 0 Å². The lowest BCUT2D eigenvalue weighted by molar-refractivity contribution is 0.224. The van der Waals surface area contributed by atoms with E-state index in [1.165, 1.54) is 0 Å². The fraction of sp³-hybridized carbons (Fsp3) is 0.867. The maximum atomic E-state index is 12.9. The normalized spacial score (nSPS) is 26.1. The highest BCUT2D eigenvalue weighted by Crippen LogP contribution is 2.24. The van der Waals surface area contributed by atoms with Crippen molar-refractivity contribution in [1.82, 2.24) is 13.9 Å². The van der Waals surface area contributed by atoms with Gasteiger partial charge in [-0.25, -0.2) is 0 Å². The van der Waals surface area contributed by atoms with Crippen LogP contribution < -0.4 is 5.32 Å². The molecule has 2 rings (SSSR count). The predicted octanol–water partition coefficient (Wildman–Crippen LogP) is 1.74. The molecule has 5 nitrogen and oxygen atoms in total. The van der Waals surface area contributed by atoms with Crippen molar-refractivity contribution in [1.29, 1.82) is 0 Å². The summed E-state index contributed by atoms with van der Waals surface area (Å²) in [4.78, 5) is 0. The summed E-state index contributed by atoms with van der Waals surface area (Å²) < 4.78 is 29.3. The first-order valence-corrected chi connectivity index (χ1v) is 9.47. The molecule has 0 aromatic rings. The van der Waals surface area contributed by atoms with E-state index in [0.29, 0.717) is 25.7 Å². The first kappa shape index (κ1) is 16.9. The van der Waals surface area contributed by atoms with Gasteiger partial charge in [-0.1, -0.05) is 31.9 Å². The summed E-state index contributed by atoms with van der Waals surface area (Å²) in [7, 11) is -3.33. The van der Waals surface area contributed by atoms with Gasteiger partial charge in [0.1, 0.15) is 0 Å². The Hall–Kier alpha value is -0.430. The molecule has 0 amide bonds. The minimum absolute atomic E-state index is 0.0948. The smallest absolute Gasteiger partial charge is 0.282 e. The predicted molar refractivity (Wildman–Crippen MR) is 86.4 cm³/mol. The van der Waals surface area contributed by atoms with Gasteiger partial charge in [0.25, 0.3) is 10.2 Å². The third-order valence-corrected chi connectivity index (χ3v) is 6.29. The lowest BCUT2D eigenvalue weighted by Crippen LogP contribution is -2.54. The van der Waals surface area contributed by atoms with Crippen molar-refractivity contribution >= 4 is 10.2 Å². The molecule has 1 saturated heterocycles. The van der Waals surface area contributed by atoms with Crippen molar-refractivity contribution in [3.63, 3.8) is 0 Å². The van der Waals surface area contributed by atoms with Crippen LogP contribution in [0.1, 0.15) is 46.5 Å². The molecule has 0 aliphatic carbocycles. The molecule has 0 aromatic carbocycles. The molecule has 2 aliphatic rings. The molecule has 21 heavy (non-hydrogen) atoms. The SMILES string of the molecule is CC1=CCCN(S(=O)(=O)N2CCCCC2CNC(C)C)C1. The second-order valence-corrected chi connectivity index (χ2v) is 8.38. The quantitative estimate of drug-likeness (QED) is 0.786. The third-order valence-electron chi connectivity index (χ3n) is 4.25. The molecule has 0 saturated carbocycles. The van der Waals surface area contributed by atoms with Crippen LogP contribution >= 0.6 is 0 Å². The van der Waals surface area contributed by atoms with Crippen LogP contribution in [0.25, 0.3) is 0 Å². The molecule has 122 valence electrons. The second kappa shape index (κ2) is 7.22. The second-order valence-electron chi connectivity index (χ2n) is 6.50. The number of nitrogens with zero attached hydrogens (tertiary/aromatic N) is 2. The summed E-state index contributed by atoms with van der Waals surface area (Å²) in [5.74, 6) is 0. The van der Waals surface area contributed by atoms with Gasteiger partial charge in [0.2, 0.25) is 0 Å². The summed E-state index contributed by atoms with van der Waals surface area (Å²) in [6.45, 7) is 8.77. The summed E-state index contributed by atoms with van der Waals surface area (Å²) in [5, 5.41) is 3.39. The van der Waals surface area contributed by atoms with Crippen molar-refractivity contribution in [2.24, 2.45) is 0 Å². The van der Waals surface area contributed by atoms with Crippen LogP contribution in [0.4, 0.5) is 0 Å². The van der Waals surface area contributed by atoms with Gasteiger partial charge in [-0.2, -0.15) is 17.0 Å². The maximum Gasteiger partial charge on any atom is 0.282 e. The minimum Gasteiger partial charge on any atom is -0.313 e. The molecule has 1 fully saturated rings. The number of rotatable bonds is 5. The van der Waals surface area contributed by atoms with E-state index in [1.54, 1.807) is 8.61 Å². The van der Waals surface area contributed by atoms with E-state index in [1.807, 2.05) is 6.92 Å². The largest absolute Gasteiger partial charge is 0.313 e. The first-order valence-electron chi connectivity index (χ1n) is 8.07. The number of piperidine rings is 1. The molecular formula is C15H29N3O2S. The van der Waals surface area contributed by atoms with E-state index in [2.05, 4.69) is 25.2 Å². The van der Waals surface area contributed by atoms with E-state index in [0.717, 1.165) is 37.8 Å². The zero-order valence-corrected chi connectivity index (χ0v) is 14.3. The van der Waals surface area contributed by atoms with Gasteiger partial charge >= 0.3 is 0 Å². The van der Waals surface area contributed by atoms with Crippen molar-refractivity contribution in [2.45, 2.75) is 58.5 Å². The van der Waals surface area contributed by atoms with Crippen LogP contribution in [-0.2, 0) is 10.2 Å². The highest BCUT2D eigenvalue weighted by atomic mass is 32.2. The fourth-order valence-electron chi connectivity index (χ4n) is 3.08. The van der Waals surface area contributed by atoms with Gasteiger partial charge in [0.05, 0.1) is 0 Å². The molecule has 0 spiro atoms. The monoisotopic (exact) mass is 315 g/mol. The highest BCUT2D eigenvalue weighted by molar-refractivity contribution is 7.86. The molecule has 1 unspecified atom stereocenters. The summed E-state index contributed by atoms with van der Waals surface area (Å²) in [6, 6.07) is 0.481. The van der Waals surface area contributed by atoms with Gasteiger partial charge in [-0.3, -0.25) is 0 Å². The Morgan fingerprint density at radius 3 is 2.76 bits per heavy atom. The molecule has 0 aromatic heterocycles. The van der Waals surface area contributed by atoms with Gasteiger partial charge in [0, 0.05) is 38.3 Å². The van der Waals surface area contributed by atoms with Crippen LogP contribution in [0.15, 0.2) is 11.6 Å². The number of hydrogen-bond donors (Lipinski definition) is 1. The van der Waals surface area contributed by atoms with Crippen LogP contribution in [-0.4, -0.2) is 55.3 Å². The Labute approximate surface area is 129 Å². The molecule has 6 heteroatoms. The molecular weight excluding hydrogens is 286 g/mol. The Balaban J connectivity index is 2.09. The molecule has 1 N–H and O–H groups in total. The molecule has 0 radical (unpaired) electrons. The average molecular weight is 315 g/mol. The minimum atomic E-state index is -3.33. The standard InChI is InChI=1S/C15H29N3O2S/c1-13(2)16-11-15-8-4-5-10-18(15)21(19,20)17-9-6-7-14(3)12-17/h7,13,15-16H,4-6,8-12H2,1-3H3. The topological polar surface area (TPSA) is 52.7 Å². The Morgan fingerprint density at radius 2 is 2.10 bits per heavy atom. The van der Waals surface area contributed by atoms with Crippen LogP contribution in [0.5, 0.6) is 0 Å². The Bertz CT molecular complexity index is 473. The Morgan fingerprint density at radius 1 is 1.33 bits per heavy atom. The van der Waals surface area contributed by atoms with Gasteiger partial charge in [0.15, 0.2) is 0 Å². The lowest BCUT2D eigenvalue weighted by atomic mass is 10.0. The molecule has 0 bridgehead atoms. The third kappa shape index (κ3) is 4.28. The van der Waals surface area contributed by atoms with Crippen LogP contribution in [0, 0.1) is 0 Å². The summed E-state index contributed by atoms with van der Waals surface area (Å²) in [6.07, 6.45) is 6.02. The van der Waals surface area contributed by atoms with Crippen molar-refractivity contribution in [3.8, 4) is 0 Å². The van der Waals surface area contributed by atoms with E-state index in [-0.39, 0.29) is 6.04 Å². The van der Waals surface area contributed by atoms with E-state index in [4.69, 9.17) is 0 Å². The van der Waals surface area contributed by atoms with Crippen LogP contribution in [0.3, 0.4) is 0 Å². The van der Waals surface area contributed by atoms with Gasteiger partial charge in [-0.05, 0) is 26.2 Å². The molecule has 2 aliphatic heterocycles. The number of nitrogens with one attached hydrogen (secondary N) is 1. The molecule has 2 heterocycles.